The van der Waals surface area contributed by atoms with E-state index in [1.807, 2.05) is 48.4 Å². The molecule has 1 aliphatic heterocycles. The molecule has 1 saturated heterocycles. The van der Waals surface area contributed by atoms with E-state index in [0.717, 1.165) is 56.1 Å². The van der Waals surface area contributed by atoms with Crippen molar-refractivity contribution < 1.29 is 4.79 Å². The van der Waals surface area contributed by atoms with Gasteiger partial charge in [0.15, 0.2) is 0 Å². The van der Waals surface area contributed by atoms with Crippen LogP contribution in [0.4, 0.5) is 0 Å². The van der Waals surface area contributed by atoms with Crippen LogP contribution in [0.2, 0.25) is 0 Å². The Kier molecular flexibility index (Phi) is 5.22. The highest BCUT2D eigenvalue weighted by Crippen LogP contribution is 2.15. The van der Waals surface area contributed by atoms with E-state index in [-0.39, 0.29) is 5.91 Å². The van der Waals surface area contributed by atoms with Crippen LogP contribution in [0.3, 0.4) is 0 Å². The highest BCUT2D eigenvalue weighted by Gasteiger charge is 2.22. The number of nitrogens with zero attached hydrogens (tertiary/aromatic N) is 6. The van der Waals surface area contributed by atoms with E-state index >= 15 is 0 Å². The van der Waals surface area contributed by atoms with Gasteiger partial charge in [-0.25, -0.2) is 0 Å². The summed E-state index contributed by atoms with van der Waals surface area (Å²) in [6.45, 7) is 8.46. The lowest BCUT2D eigenvalue weighted by molar-refractivity contribution is -0.130. The number of amides is 1. The molecule has 0 bridgehead atoms. The topological polar surface area (TPSA) is 59.2 Å². The molecule has 1 amide bonds. The van der Waals surface area contributed by atoms with Crippen molar-refractivity contribution in [2.45, 2.75) is 33.2 Å². The number of aromatic nitrogens is 4. The van der Waals surface area contributed by atoms with Crippen LogP contribution in [-0.4, -0.2) is 61.4 Å². The molecule has 3 heterocycles. The molecule has 0 spiro atoms. The standard InChI is InChI=1S/C18H28N6O/c1-14-17(15(2)22(4)20-14)10-18(25)24-7-5-6-23(8-9-24)13-16-11-19-21(3)12-16/h11-12H,5-10,13H2,1-4H3. The van der Waals surface area contributed by atoms with Crippen molar-refractivity contribution in [1.82, 2.24) is 29.4 Å². The van der Waals surface area contributed by atoms with Gasteiger partial charge in [0.1, 0.15) is 0 Å². The summed E-state index contributed by atoms with van der Waals surface area (Å²) in [4.78, 5) is 17.2. The Labute approximate surface area is 149 Å². The second-order valence-corrected chi connectivity index (χ2v) is 6.98. The summed E-state index contributed by atoms with van der Waals surface area (Å²) >= 11 is 0. The van der Waals surface area contributed by atoms with Crippen LogP contribution in [0.15, 0.2) is 12.4 Å². The molecule has 0 radical (unpaired) electrons. The van der Waals surface area contributed by atoms with Gasteiger partial charge < -0.3 is 4.90 Å². The lowest BCUT2D eigenvalue weighted by atomic mass is 10.1. The Balaban J connectivity index is 1.57. The van der Waals surface area contributed by atoms with Crippen LogP contribution in [0.5, 0.6) is 0 Å². The van der Waals surface area contributed by atoms with Crippen LogP contribution in [0.1, 0.15) is 28.9 Å². The molecule has 3 rings (SSSR count). The van der Waals surface area contributed by atoms with Crippen molar-refractivity contribution in [3.05, 3.63) is 34.9 Å². The van der Waals surface area contributed by atoms with Crippen LogP contribution < -0.4 is 0 Å². The first-order valence-electron chi connectivity index (χ1n) is 8.90. The van der Waals surface area contributed by atoms with E-state index in [0.29, 0.717) is 6.42 Å². The van der Waals surface area contributed by atoms with Gasteiger partial charge in [-0.05, 0) is 20.3 Å². The number of carbonyl (C=O) groups is 1. The van der Waals surface area contributed by atoms with Gasteiger partial charge in [0, 0.05) is 69.8 Å². The summed E-state index contributed by atoms with van der Waals surface area (Å²) in [6, 6.07) is 0. The smallest absolute Gasteiger partial charge is 0.227 e. The van der Waals surface area contributed by atoms with Crippen molar-refractivity contribution in [2.75, 3.05) is 26.2 Å². The van der Waals surface area contributed by atoms with E-state index in [9.17, 15) is 4.79 Å². The first kappa shape index (κ1) is 17.7. The van der Waals surface area contributed by atoms with Gasteiger partial charge in [-0.1, -0.05) is 0 Å². The molecular formula is C18H28N6O. The minimum atomic E-state index is 0.211. The fraction of sp³-hybridized carbons (Fsp3) is 0.611. The van der Waals surface area contributed by atoms with Crippen molar-refractivity contribution in [3.63, 3.8) is 0 Å². The van der Waals surface area contributed by atoms with Crippen LogP contribution in [-0.2, 0) is 31.9 Å². The van der Waals surface area contributed by atoms with Crippen molar-refractivity contribution in [1.29, 1.82) is 0 Å². The summed E-state index contributed by atoms with van der Waals surface area (Å²) in [5.74, 6) is 0.211. The molecule has 1 fully saturated rings. The molecule has 136 valence electrons. The van der Waals surface area contributed by atoms with Crippen LogP contribution in [0, 0.1) is 13.8 Å². The Morgan fingerprint density at radius 2 is 1.96 bits per heavy atom. The summed E-state index contributed by atoms with van der Waals surface area (Å²) in [5, 5.41) is 8.65. The van der Waals surface area contributed by atoms with E-state index < -0.39 is 0 Å². The quantitative estimate of drug-likeness (QED) is 0.832. The molecule has 2 aromatic rings. The predicted octanol–water partition coefficient (Wildman–Crippen LogP) is 1.05. The van der Waals surface area contributed by atoms with Crippen LogP contribution >= 0.6 is 0 Å². The molecule has 0 saturated carbocycles. The summed E-state index contributed by atoms with van der Waals surface area (Å²) in [5.41, 5.74) is 4.34. The van der Waals surface area contributed by atoms with Crippen molar-refractivity contribution in [2.24, 2.45) is 14.1 Å². The molecule has 25 heavy (non-hydrogen) atoms. The minimum Gasteiger partial charge on any atom is -0.341 e. The largest absolute Gasteiger partial charge is 0.341 e. The lowest BCUT2D eigenvalue weighted by Crippen LogP contribution is -2.36. The summed E-state index contributed by atoms with van der Waals surface area (Å²) in [6.07, 6.45) is 5.44. The number of carbonyl (C=O) groups excluding carboxylic acids is 1. The molecule has 0 unspecified atom stereocenters. The SMILES string of the molecule is Cc1nn(C)c(C)c1CC(=O)N1CCCN(Cc2cnn(C)c2)CC1. The predicted molar refractivity (Wildman–Crippen MR) is 96.1 cm³/mol. The maximum absolute atomic E-state index is 12.8. The highest BCUT2D eigenvalue weighted by atomic mass is 16.2. The third-order valence-electron chi connectivity index (χ3n) is 5.09. The Morgan fingerprint density at radius 3 is 2.60 bits per heavy atom. The second kappa shape index (κ2) is 7.39. The zero-order valence-electron chi connectivity index (χ0n) is 15.7. The molecule has 0 atom stereocenters. The number of aryl methyl sites for hydroxylation is 3. The zero-order chi connectivity index (χ0) is 18.0. The molecule has 7 heteroatoms. The molecule has 0 aromatic carbocycles. The average molecular weight is 344 g/mol. The second-order valence-electron chi connectivity index (χ2n) is 6.98. The maximum Gasteiger partial charge on any atom is 0.227 e. The fourth-order valence-electron chi connectivity index (χ4n) is 3.53. The van der Waals surface area contributed by atoms with Gasteiger partial charge >= 0.3 is 0 Å². The zero-order valence-corrected chi connectivity index (χ0v) is 15.7. The molecule has 0 aliphatic carbocycles. The molecule has 0 N–H and O–H groups in total. The average Bonchev–Trinajstić information content (AvgIpc) is 2.96. The van der Waals surface area contributed by atoms with Gasteiger partial charge in [0.05, 0.1) is 18.3 Å². The Hall–Kier alpha value is -2.15. The first-order chi connectivity index (χ1) is 11.9. The molecule has 1 aliphatic rings. The van der Waals surface area contributed by atoms with E-state index in [2.05, 4.69) is 21.3 Å². The summed E-state index contributed by atoms with van der Waals surface area (Å²) in [7, 11) is 3.87. The fourth-order valence-corrected chi connectivity index (χ4v) is 3.53. The normalized spacial score (nSPS) is 16.2. The van der Waals surface area contributed by atoms with Gasteiger partial charge in [-0.15, -0.1) is 0 Å². The molecule has 7 nitrogen and oxygen atoms in total. The molecule has 2 aromatic heterocycles. The van der Waals surface area contributed by atoms with E-state index in [1.165, 1.54) is 5.56 Å². The van der Waals surface area contributed by atoms with Crippen LogP contribution in [0.25, 0.3) is 0 Å². The summed E-state index contributed by atoms with van der Waals surface area (Å²) < 4.78 is 3.69. The van der Waals surface area contributed by atoms with E-state index in [1.54, 1.807) is 0 Å². The minimum absolute atomic E-state index is 0.211. The first-order valence-corrected chi connectivity index (χ1v) is 8.90. The van der Waals surface area contributed by atoms with Gasteiger partial charge in [0.2, 0.25) is 5.91 Å². The third-order valence-corrected chi connectivity index (χ3v) is 5.09. The number of hydrogen-bond acceptors (Lipinski definition) is 4. The van der Waals surface area contributed by atoms with Gasteiger partial charge in [-0.2, -0.15) is 10.2 Å². The van der Waals surface area contributed by atoms with Gasteiger partial charge in [0.25, 0.3) is 0 Å². The highest BCUT2D eigenvalue weighted by molar-refractivity contribution is 5.79. The lowest BCUT2D eigenvalue weighted by Gasteiger charge is -2.22. The maximum atomic E-state index is 12.8. The van der Waals surface area contributed by atoms with Crippen molar-refractivity contribution >= 4 is 5.91 Å². The number of rotatable bonds is 4. The monoisotopic (exact) mass is 344 g/mol. The van der Waals surface area contributed by atoms with Crippen molar-refractivity contribution in [3.8, 4) is 0 Å². The third kappa shape index (κ3) is 4.10. The number of hydrogen-bond donors (Lipinski definition) is 0. The Morgan fingerprint density at radius 1 is 1.16 bits per heavy atom. The molecular weight excluding hydrogens is 316 g/mol. The van der Waals surface area contributed by atoms with E-state index in [4.69, 9.17) is 0 Å². The van der Waals surface area contributed by atoms with Gasteiger partial charge in [-0.3, -0.25) is 19.1 Å². The Bertz CT molecular complexity index is 747.